The van der Waals surface area contributed by atoms with E-state index in [0.717, 1.165) is 17.4 Å². The lowest BCUT2D eigenvalue weighted by Gasteiger charge is -2.33. The van der Waals surface area contributed by atoms with Gasteiger partial charge in [-0.05, 0) is 59.6 Å². The molecule has 2 amide bonds. The third-order valence-electron chi connectivity index (χ3n) is 5.61. The third kappa shape index (κ3) is 7.60. The van der Waals surface area contributed by atoms with E-state index in [4.69, 9.17) is 13.9 Å². The number of amides is 2. The van der Waals surface area contributed by atoms with Gasteiger partial charge in [0.15, 0.2) is 13.2 Å². The Morgan fingerprint density at radius 2 is 1.39 bits per heavy atom. The molecule has 1 aromatic heterocycles. The summed E-state index contributed by atoms with van der Waals surface area (Å²) in [6, 6.07) is 14.1. The van der Waals surface area contributed by atoms with Crippen molar-refractivity contribution in [1.82, 2.24) is 10.9 Å². The second-order valence-electron chi connectivity index (χ2n) is 10.7. The molecule has 8 heteroatoms. The number of nitrogens with one attached hydrogen (secondary N) is 2. The molecule has 0 bridgehead atoms. The van der Waals surface area contributed by atoms with Crippen molar-refractivity contribution in [2.45, 2.75) is 53.4 Å². The van der Waals surface area contributed by atoms with Crippen LogP contribution in [0.3, 0.4) is 0 Å². The molecular weight excluding hydrogens is 460 g/mol. The van der Waals surface area contributed by atoms with Crippen molar-refractivity contribution in [2.24, 2.45) is 5.41 Å². The average Bonchev–Trinajstić information content (AvgIpc) is 2.78. The van der Waals surface area contributed by atoms with Gasteiger partial charge in [0, 0.05) is 17.5 Å². The van der Waals surface area contributed by atoms with E-state index in [1.165, 1.54) is 11.6 Å². The minimum absolute atomic E-state index is 0.0139. The summed E-state index contributed by atoms with van der Waals surface area (Å²) in [6.45, 7) is 12.3. The molecule has 0 unspecified atom stereocenters. The van der Waals surface area contributed by atoms with Crippen LogP contribution < -0.4 is 26.0 Å². The summed E-state index contributed by atoms with van der Waals surface area (Å²) < 4.78 is 16.1. The Morgan fingerprint density at radius 1 is 0.833 bits per heavy atom. The lowest BCUT2D eigenvalue weighted by atomic mass is 9.72. The number of carbonyl (C=O) groups excluding carboxylic acids is 2. The van der Waals surface area contributed by atoms with Crippen LogP contribution in [0.1, 0.15) is 52.2 Å². The van der Waals surface area contributed by atoms with Gasteiger partial charge in [-0.2, -0.15) is 0 Å². The van der Waals surface area contributed by atoms with Gasteiger partial charge in [0.05, 0.1) is 0 Å². The molecule has 3 aromatic rings. The maximum atomic E-state index is 12.1. The number of carbonyl (C=O) groups is 2. The monoisotopic (exact) mass is 494 g/mol. The van der Waals surface area contributed by atoms with Crippen molar-refractivity contribution < 1.29 is 23.5 Å². The molecule has 0 saturated carbocycles. The second kappa shape index (κ2) is 10.8. The Hall–Kier alpha value is -3.81. The highest BCUT2D eigenvalue weighted by Gasteiger charge is 2.27. The summed E-state index contributed by atoms with van der Waals surface area (Å²) in [5, 5.41) is 0.780. The molecule has 192 valence electrons. The van der Waals surface area contributed by atoms with E-state index in [1.807, 2.05) is 31.2 Å². The van der Waals surface area contributed by atoms with Gasteiger partial charge in [-0.25, -0.2) is 4.79 Å². The molecule has 0 radical (unpaired) electrons. The fraction of sp³-hybridized carbons (Fsp3) is 0.393. The highest BCUT2D eigenvalue weighted by molar-refractivity contribution is 5.84. The minimum atomic E-state index is -0.556. The fourth-order valence-corrected chi connectivity index (χ4v) is 4.33. The molecule has 8 nitrogen and oxygen atoms in total. The van der Waals surface area contributed by atoms with Crippen LogP contribution in [0.4, 0.5) is 0 Å². The molecule has 0 aliphatic heterocycles. The Labute approximate surface area is 211 Å². The zero-order valence-corrected chi connectivity index (χ0v) is 21.7. The Kier molecular flexibility index (Phi) is 8.07. The number of benzene rings is 2. The average molecular weight is 495 g/mol. The zero-order chi connectivity index (χ0) is 26.5. The number of hydrogen-bond acceptors (Lipinski definition) is 6. The predicted octanol–water partition coefficient (Wildman–Crippen LogP) is 4.42. The van der Waals surface area contributed by atoms with Crippen LogP contribution in [0.5, 0.6) is 11.5 Å². The molecule has 2 aromatic carbocycles. The molecule has 0 spiro atoms. The molecule has 36 heavy (non-hydrogen) atoms. The Bertz CT molecular complexity index is 1290. The first-order chi connectivity index (χ1) is 16.8. The summed E-state index contributed by atoms with van der Waals surface area (Å²) in [5.41, 5.74) is 6.69. The van der Waals surface area contributed by atoms with Gasteiger partial charge in [-0.1, -0.05) is 46.8 Å². The van der Waals surface area contributed by atoms with Gasteiger partial charge >= 0.3 is 5.63 Å². The van der Waals surface area contributed by atoms with Crippen LogP contribution in [0.25, 0.3) is 11.0 Å². The molecule has 2 N–H and O–H groups in total. The van der Waals surface area contributed by atoms with E-state index in [2.05, 4.69) is 45.5 Å². The number of rotatable bonds is 8. The minimum Gasteiger partial charge on any atom is -0.484 e. The molecule has 1 heterocycles. The molecule has 3 rings (SSSR count). The van der Waals surface area contributed by atoms with Gasteiger partial charge < -0.3 is 13.9 Å². The van der Waals surface area contributed by atoms with Crippen LogP contribution in [0.15, 0.2) is 57.7 Å². The van der Waals surface area contributed by atoms with Gasteiger partial charge in [0.1, 0.15) is 17.1 Å². The van der Waals surface area contributed by atoms with Crippen molar-refractivity contribution in [3.05, 3.63) is 70.1 Å². The molecule has 0 saturated heterocycles. The predicted molar refractivity (Wildman–Crippen MR) is 138 cm³/mol. The second-order valence-corrected chi connectivity index (χ2v) is 10.7. The summed E-state index contributed by atoms with van der Waals surface area (Å²) in [5.74, 6) is -0.147. The van der Waals surface area contributed by atoms with Gasteiger partial charge in [0.25, 0.3) is 11.8 Å². The van der Waals surface area contributed by atoms with Gasteiger partial charge in [-0.15, -0.1) is 0 Å². The topological polar surface area (TPSA) is 107 Å². The van der Waals surface area contributed by atoms with Gasteiger partial charge in [-0.3, -0.25) is 20.4 Å². The summed E-state index contributed by atoms with van der Waals surface area (Å²) in [6.07, 6.45) is 1.03. The van der Waals surface area contributed by atoms with Crippen molar-refractivity contribution in [2.75, 3.05) is 13.2 Å². The smallest absolute Gasteiger partial charge is 0.336 e. The first-order valence-corrected chi connectivity index (χ1v) is 11.8. The van der Waals surface area contributed by atoms with Crippen LogP contribution >= 0.6 is 0 Å². The van der Waals surface area contributed by atoms with E-state index < -0.39 is 17.4 Å². The van der Waals surface area contributed by atoms with Crippen LogP contribution in [-0.2, 0) is 15.0 Å². The summed E-state index contributed by atoms with van der Waals surface area (Å²) in [4.78, 5) is 35.6. The molecule has 0 aliphatic carbocycles. The van der Waals surface area contributed by atoms with Crippen LogP contribution in [-0.4, -0.2) is 25.0 Å². The van der Waals surface area contributed by atoms with Crippen LogP contribution in [0, 0.1) is 12.3 Å². The lowest BCUT2D eigenvalue weighted by molar-refractivity contribution is -0.131. The maximum absolute atomic E-state index is 12.1. The maximum Gasteiger partial charge on any atom is 0.336 e. The number of fused-ring (bicyclic) bond motifs is 1. The fourth-order valence-electron chi connectivity index (χ4n) is 4.33. The number of ether oxygens (including phenoxy) is 2. The van der Waals surface area contributed by atoms with Crippen molar-refractivity contribution >= 4 is 22.8 Å². The van der Waals surface area contributed by atoms with Crippen molar-refractivity contribution in [1.29, 1.82) is 0 Å². The number of aryl methyl sites for hydroxylation is 1. The normalized spacial score (nSPS) is 11.7. The van der Waals surface area contributed by atoms with E-state index >= 15 is 0 Å². The molecular formula is C28H34N2O6. The first-order valence-electron chi connectivity index (χ1n) is 11.8. The highest BCUT2D eigenvalue weighted by Crippen LogP contribution is 2.36. The quantitative estimate of drug-likeness (QED) is 0.355. The third-order valence-corrected chi connectivity index (χ3v) is 5.61. The zero-order valence-electron chi connectivity index (χ0n) is 21.7. The van der Waals surface area contributed by atoms with E-state index in [1.54, 1.807) is 18.2 Å². The van der Waals surface area contributed by atoms with Crippen LogP contribution in [0.2, 0.25) is 0 Å². The number of hydrogen-bond donors (Lipinski definition) is 2. The molecule has 0 atom stereocenters. The first kappa shape index (κ1) is 26.8. The standard InChI is InChI=1S/C28H34N2O6/c1-18-13-26(33)36-23-14-21(11-12-22(18)23)35-16-25(32)30-29-24(31)15-34-20-9-7-19(8-10-20)28(5,6)17-27(2,3)4/h7-14H,15-17H2,1-6H3,(H,29,31)(H,30,32). The Morgan fingerprint density at radius 3 is 1.97 bits per heavy atom. The largest absolute Gasteiger partial charge is 0.484 e. The summed E-state index contributed by atoms with van der Waals surface area (Å²) in [7, 11) is 0. The Balaban J connectivity index is 1.43. The molecule has 0 aliphatic rings. The lowest BCUT2D eigenvalue weighted by Crippen LogP contribution is -2.45. The summed E-state index contributed by atoms with van der Waals surface area (Å²) >= 11 is 0. The van der Waals surface area contributed by atoms with Crippen molar-refractivity contribution in [3.8, 4) is 11.5 Å². The SMILES string of the molecule is Cc1cc(=O)oc2cc(OCC(=O)NNC(=O)COc3ccc(C(C)(C)CC(C)(C)C)cc3)ccc12. The van der Waals surface area contributed by atoms with E-state index in [-0.39, 0.29) is 24.0 Å². The molecule has 0 fully saturated rings. The van der Waals surface area contributed by atoms with Crippen molar-refractivity contribution in [3.63, 3.8) is 0 Å². The van der Waals surface area contributed by atoms with E-state index in [9.17, 15) is 14.4 Å². The van der Waals surface area contributed by atoms with Gasteiger partial charge in [0.2, 0.25) is 0 Å². The number of hydrazine groups is 1. The van der Waals surface area contributed by atoms with E-state index in [0.29, 0.717) is 17.1 Å². The highest BCUT2D eigenvalue weighted by atomic mass is 16.5.